The number of nitriles is 1. The van der Waals surface area contributed by atoms with Gasteiger partial charge in [-0.1, -0.05) is 55.8 Å². The molecule has 3 aromatic rings. The van der Waals surface area contributed by atoms with Gasteiger partial charge >= 0.3 is 5.97 Å². The van der Waals surface area contributed by atoms with E-state index in [1.54, 1.807) is 48.5 Å². The van der Waals surface area contributed by atoms with Crippen molar-refractivity contribution in [1.29, 1.82) is 5.26 Å². The highest BCUT2D eigenvalue weighted by atomic mass is 16.5. The minimum absolute atomic E-state index is 0.0407. The summed E-state index contributed by atoms with van der Waals surface area (Å²) in [5.74, 6) is -0.248. The molecule has 3 aromatic carbocycles. The minimum Gasteiger partial charge on any atom is -0.489 e. The molecular formula is C28H26N2O4. The van der Waals surface area contributed by atoms with Gasteiger partial charge in [-0.3, -0.25) is 4.79 Å². The molecule has 0 atom stereocenters. The molecule has 172 valence electrons. The average molecular weight is 455 g/mol. The summed E-state index contributed by atoms with van der Waals surface area (Å²) in [5.41, 5.74) is 2.60. The number of hydrogen-bond donors (Lipinski definition) is 1. The normalized spacial score (nSPS) is 10.8. The van der Waals surface area contributed by atoms with Crippen LogP contribution in [0.2, 0.25) is 0 Å². The monoisotopic (exact) mass is 454 g/mol. The van der Waals surface area contributed by atoms with Crippen LogP contribution in [0.3, 0.4) is 0 Å². The predicted molar refractivity (Wildman–Crippen MR) is 131 cm³/mol. The van der Waals surface area contributed by atoms with Crippen molar-refractivity contribution >= 4 is 23.6 Å². The van der Waals surface area contributed by atoms with E-state index in [9.17, 15) is 14.9 Å². The zero-order valence-electron chi connectivity index (χ0n) is 19.0. The van der Waals surface area contributed by atoms with Crippen LogP contribution in [0.25, 0.3) is 6.08 Å². The summed E-state index contributed by atoms with van der Waals surface area (Å²) in [6, 6.07) is 25.3. The molecule has 0 spiro atoms. The number of benzene rings is 3. The maximum Gasteiger partial charge on any atom is 0.338 e. The number of nitrogens with one attached hydrogen (secondary N) is 1. The zero-order valence-corrected chi connectivity index (χ0v) is 19.0. The van der Waals surface area contributed by atoms with Crippen LogP contribution in [0.4, 0.5) is 5.69 Å². The number of hydrogen-bond acceptors (Lipinski definition) is 5. The molecule has 6 heteroatoms. The lowest BCUT2D eigenvalue weighted by atomic mass is 10.1. The van der Waals surface area contributed by atoms with E-state index in [-0.39, 0.29) is 5.57 Å². The highest BCUT2D eigenvalue weighted by molar-refractivity contribution is 6.09. The van der Waals surface area contributed by atoms with Crippen LogP contribution in [0.15, 0.2) is 84.4 Å². The van der Waals surface area contributed by atoms with E-state index in [0.717, 1.165) is 18.4 Å². The number of amides is 1. The molecule has 0 heterocycles. The van der Waals surface area contributed by atoms with E-state index in [0.29, 0.717) is 35.8 Å². The Morgan fingerprint density at radius 2 is 1.68 bits per heavy atom. The molecule has 3 rings (SSSR count). The molecule has 0 unspecified atom stereocenters. The fraction of sp³-hybridized carbons (Fsp3) is 0.179. The van der Waals surface area contributed by atoms with Crippen molar-refractivity contribution in [3.63, 3.8) is 0 Å². The van der Waals surface area contributed by atoms with Gasteiger partial charge in [0, 0.05) is 5.69 Å². The van der Waals surface area contributed by atoms with Crippen LogP contribution >= 0.6 is 0 Å². The van der Waals surface area contributed by atoms with Gasteiger partial charge in [0.2, 0.25) is 0 Å². The Hall–Kier alpha value is -4.37. The molecule has 0 aliphatic heterocycles. The first-order valence-corrected chi connectivity index (χ1v) is 11.1. The third-order valence-corrected chi connectivity index (χ3v) is 4.91. The van der Waals surface area contributed by atoms with Crippen molar-refractivity contribution in [2.75, 3.05) is 11.9 Å². The Bertz CT molecular complexity index is 1160. The van der Waals surface area contributed by atoms with Crippen LogP contribution in [0.1, 0.15) is 41.3 Å². The Morgan fingerprint density at radius 3 is 2.32 bits per heavy atom. The second kappa shape index (κ2) is 12.6. The van der Waals surface area contributed by atoms with Crippen LogP contribution in [0.5, 0.6) is 5.75 Å². The minimum atomic E-state index is -0.537. The Balaban J connectivity index is 1.57. The van der Waals surface area contributed by atoms with Gasteiger partial charge in [0.05, 0.1) is 12.2 Å². The van der Waals surface area contributed by atoms with Crippen molar-refractivity contribution in [3.8, 4) is 11.8 Å². The third-order valence-electron chi connectivity index (χ3n) is 4.91. The second-order valence-corrected chi connectivity index (χ2v) is 7.53. The van der Waals surface area contributed by atoms with Gasteiger partial charge in [-0.25, -0.2) is 4.79 Å². The van der Waals surface area contributed by atoms with E-state index in [2.05, 4.69) is 5.32 Å². The van der Waals surface area contributed by atoms with Gasteiger partial charge in [0.15, 0.2) is 0 Å². The van der Waals surface area contributed by atoms with Gasteiger partial charge in [-0.05, 0) is 60.0 Å². The number of nitrogens with zero attached hydrogens (tertiary/aromatic N) is 1. The highest BCUT2D eigenvalue weighted by Crippen LogP contribution is 2.17. The number of esters is 1. The number of rotatable bonds is 10. The van der Waals surface area contributed by atoms with Crippen LogP contribution in [0, 0.1) is 11.3 Å². The highest BCUT2D eigenvalue weighted by Gasteiger charge is 2.11. The largest absolute Gasteiger partial charge is 0.489 e. The first-order valence-electron chi connectivity index (χ1n) is 11.1. The van der Waals surface area contributed by atoms with Crippen LogP contribution < -0.4 is 10.1 Å². The lowest BCUT2D eigenvalue weighted by Crippen LogP contribution is -2.13. The SMILES string of the molecule is CCCCOC(=O)c1ccc(NC(=O)C(C#N)=Cc2ccc(OCc3ccccc3)cc2)cc1. The number of anilines is 1. The maximum absolute atomic E-state index is 12.5. The first kappa shape index (κ1) is 24.3. The standard InChI is InChI=1S/C28H26N2O4/c1-2-3-17-33-28(32)23-11-13-25(14-12-23)30-27(31)24(19-29)18-21-9-15-26(16-10-21)34-20-22-7-5-4-6-8-22/h4-16,18H,2-3,17,20H2,1H3,(H,30,31). The molecule has 6 nitrogen and oxygen atoms in total. The smallest absolute Gasteiger partial charge is 0.338 e. The number of carbonyl (C=O) groups excluding carboxylic acids is 2. The number of unbranched alkanes of at least 4 members (excludes halogenated alkanes) is 1. The predicted octanol–water partition coefficient (Wildman–Crippen LogP) is 5.77. The van der Waals surface area contributed by atoms with Gasteiger partial charge in [-0.2, -0.15) is 5.26 Å². The Labute approximate surface area is 199 Å². The van der Waals surface area contributed by atoms with Gasteiger partial charge in [0.25, 0.3) is 5.91 Å². The quantitative estimate of drug-likeness (QED) is 0.182. The van der Waals surface area contributed by atoms with E-state index in [1.165, 1.54) is 6.08 Å². The Kier molecular flexibility index (Phi) is 9.00. The van der Waals surface area contributed by atoms with E-state index in [1.807, 2.05) is 43.3 Å². The molecule has 0 radical (unpaired) electrons. The summed E-state index contributed by atoms with van der Waals surface area (Å²) >= 11 is 0. The summed E-state index contributed by atoms with van der Waals surface area (Å²) in [7, 11) is 0. The van der Waals surface area contributed by atoms with E-state index >= 15 is 0 Å². The lowest BCUT2D eigenvalue weighted by Gasteiger charge is -2.07. The molecule has 1 amide bonds. The van der Waals surface area contributed by atoms with Gasteiger partial charge in [0.1, 0.15) is 24.0 Å². The molecule has 0 saturated carbocycles. The van der Waals surface area contributed by atoms with Crippen molar-refractivity contribution in [1.82, 2.24) is 0 Å². The van der Waals surface area contributed by atoms with E-state index in [4.69, 9.17) is 9.47 Å². The maximum atomic E-state index is 12.5. The van der Waals surface area contributed by atoms with Crippen molar-refractivity contribution in [2.45, 2.75) is 26.4 Å². The molecule has 0 aliphatic rings. The fourth-order valence-electron chi connectivity index (χ4n) is 3.00. The van der Waals surface area contributed by atoms with Gasteiger partial charge in [-0.15, -0.1) is 0 Å². The summed E-state index contributed by atoms with van der Waals surface area (Å²) < 4.78 is 10.9. The molecule has 34 heavy (non-hydrogen) atoms. The van der Waals surface area contributed by atoms with Crippen molar-refractivity contribution in [2.24, 2.45) is 0 Å². The van der Waals surface area contributed by atoms with Crippen molar-refractivity contribution in [3.05, 3.63) is 101 Å². The van der Waals surface area contributed by atoms with Gasteiger partial charge < -0.3 is 14.8 Å². The fourth-order valence-corrected chi connectivity index (χ4v) is 3.00. The molecule has 0 aliphatic carbocycles. The topological polar surface area (TPSA) is 88.4 Å². The molecule has 0 fully saturated rings. The Morgan fingerprint density at radius 1 is 0.971 bits per heavy atom. The first-order chi connectivity index (χ1) is 16.6. The summed E-state index contributed by atoms with van der Waals surface area (Å²) in [6.45, 7) is 2.85. The third kappa shape index (κ3) is 7.35. The molecule has 0 aromatic heterocycles. The second-order valence-electron chi connectivity index (χ2n) is 7.53. The van der Waals surface area contributed by atoms with Crippen LogP contribution in [-0.4, -0.2) is 18.5 Å². The molecule has 1 N–H and O–H groups in total. The van der Waals surface area contributed by atoms with Crippen molar-refractivity contribution < 1.29 is 19.1 Å². The summed E-state index contributed by atoms with van der Waals surface area (Å²) in [4.78, 5) is 24.5. The van der Waals surface area contributed by atoms with Crippen LogP contribution in [-0.2, 0) is 16.1 Å². The molecular weight excluding hydrogens is 428 g/mol. The molecule has 0 bridgehead atoms. The summed E-state index contributed by atoms with van der Waals surface area (Å²) in [6.07, 6.45) is 3.27. The number of ether oxygens (including phenoxy) is 2. The zero-order chi connectivity index (χ0) is 24.2. The summed E-state index contributed by atoms with van der Waals surface area (Å²) in [5, 5.41) is 12.1. The average Bonchev–Trinajstić information content (AvgIpc) is 2.87. The number of carbonyl (C=O) groups is 2. The molecule has 0 saturated heterocycles. The van der Waals surface area contributed by atoms with E-state index < -0.39 is 11.9 Å². The lowest BCUT2D eigenvalue weighted by molar-refractivity contribution is -0.112.